The van der Waals surface area contributed by atoms with E-state index >= 15 is 0 Å². The molecule has 31 heavy (non-hydrogen) atoms. The second-order valence-electron chi connectivity index (χ2n) is 8.34. The van der Waals surface area contributed by atoms with Crippen LogP contribution in [-0.4, -0.2) is 51.4 Å². The summed E-state index contributed by atoms with van der Waals surface area (Å²) in [7, 11) is 0. The number of imide groups is 1. The third kappa shape index (κ3) is 4.18. The van der Waals surface area contributed by atoms with Crippen LogP contribution in [0.4, 0.5) is 5.69 Å². The summed E-state index contributed by atoms with van der Waals surface area (Å²) in [5.41, 5.74) is 1.79. The van der Waals surface area contributed by atoms with Crippen molar-refractivity contribution < 1.29 is 23.9 Å². The molecule has 0 unspecified atom stereocenters. The number of rotatable bonds is 7. The molecule has 3 aliphatic rings. The molecule has 1 aromatic rings. The quantitative estimate of drug-likeness (QED) is 0.317. The topological polar surface area (TPSA) is 92.8 Å². The van der Waals surface area contributed by atoms with Crippen LogP contribution in [0, 0.1) is 23.7 Å². The van der Waals surface area contributed by atoms with E-state index in [1.807, 2.05) is 19.1 Å². The Kier molecular flexibility index (Phi) is 6.53. The fourth-order valence-electron chi connectivity index (χ4n) is 5.07. The molecule has 6 atom stereocenters. The van der Waals surface area contributed by atoms with Crippen molar-refractivity contribution in [2.75, 3.05) is 18.5 Å². The largest absolute Gasteiger partial charge is 0.456 e. The van der Waals surface area contributed by atoms with Crippen LogP contribution < -0.4 is 5.32 Å². The van der Waals surface area contributed by atoms with Gasteiger partial charge in [0.15, 0.2) is 6.61 Å². The number of nitrogens with zero attached hydrogens (tertiary/aromatic N) is 1. The third-order valence-electron chi connectivity index (χ3n) is 6.63. The number of likely N-dealkylation sites (tertiary alicyclic amines) is 1. The number of ether oxygens (including phenoxy) is 1. The summed E-state index contributed by atoms with van der Waals surface area (Å²) in [6.07, 6.45) is 1.65. The summed E-state index contributed by atoms with van der Waals surface area (Å²) < 4.78 is 5.02. The van der Waals surface area contributed by atoms with Gasteiger partial charge in [-0.15, -0.1) is 0 Å². The van der Waals surface area contributed by atoms with E-state index in [0.29, 0.717) is 5.69 Å². The van der Waals surface area contributed by atoms with E-state index in [1.165, 1.54) is 4.90 Å². The highest BCUT2D eigenvalue weighted by molar-refractivity contribution is 9.12. The van der Waals surface area contributed by atoms with E-state index in [2.05, 4.69) is 37.2 Å². The number of fused-ring (bicyclic) bond motifs is 5. The molecular formula is C22H24Br2N2O5. The molecule has 1 aromatic carbocycles. The molecule has 0 aromatic heterocycles. The highest BCUT2D eigenvalue weighted by Crippen LogP contribution is 2.60. The fourth-order valence-corrected chi connectivity index (χ4v) is 6.95. The van der Waals surface area contributed by atoms with E-state index in [-0.39, 0.29) is 58.1 Å². The molecule has 0 radical (unpaired) electrons. The standard InChI is InChI=1S/C22H24Br2N2O5/c1-2-11-3-5-12(6-4-11)25-15(27)10-31-16(28)7-8-26-21(29)17-13-9-14(18(17)22(26)30)20(24)19(13)23/h3-6,13-14,17-20H,2,7-10H2,1H3,(H,25,27)/t13-,14-,17-,18-,19-,20+/m1/s1. The first-order valence-electron chi connectivity index (χ1n) is 10.5. The SMILES string of the molecule is CCc1ccc(NC(=O)COC(=O)CCN2C(=O)[C@@H]3[C@H]4C[C@@H]([C@@H](Br)[C@H]4Br)[C@H]3C2=O)cc1. The number of esters is 1. The van der Waals surface area contributed by atoms with E-state index < -0.39 is 18.5 Å². The smallest absolute Gasteiger partial charge is 0.308 e. The van der Waals surface area contributed by atoms with Gasteiger partial charge in [-0.2, -0.15) is 0 Å². The molecule has 1 heterocycles. The molecule has 4 rings (SSSR count). The number of anilines is 1. The van der Waals surface area contributed by atoms with Gasteiger partial charge in [0.05, 0.1) is 18.3 Å². The van der Waals surface area contributed by atoms with E-state index in [0.717, 1.165) is 18.4 Å². The lowest BCUT2D eigenvalue weighted by molar-refractivity contribution is -0.149. The van der Waals surface area contributed by atoms with E-state index in [4.69, 9.17) is 4.74 Å². The lowest BCUT2D eigenvalue weighted by Gasteiger charge is -2.28. The zero-order chi connectivity index (χ0) is 22.3. The maximum absolute atomic E-state index is 12.8. The number of hydrogen-bond acceptors (Lipinski definition) is 5. The Morgan fingerprint density at radius 3 is 2.19 bits per heavy atom. The number of alkyl halides is 2. The Balaban J connectivity index is 1.24. The number of carbonyl (C=O) groups excluding carboxylic acids is 4. The van der Waals surface area contributed by atoms with Crippen LogP contribution in [0.5, 0.6) is 0 Å². The summed E-state index contributed by atoms with van der Waals surface area (Å²) >= 11 is 7.30. The number of amides is 3. The molecule has 1 aliphatic heterocycles. The van der Waals surface area contributed by atoms with Gasteiger partial charge in [0, 0.05) is 21.9 Å². The minimum absolute atomic E-state index is 0.0110. The Hall–Kier alpha value is -1.74. The van der Waals surface area contributed by atoms with Crippen LogP contribution in [0.2, 0.25) is 0 Å². The Labute approximate surface area is 197 Å². The molecule has 2 saturated carbocycles. The molecule has 3 fully saturated rings. The Bertz CT molecular complexity index is 874. The average molecular weight is 556 g/mol. The summed E-state index contributed by atoms with van der Waals surface area (Å²) in [6, 6.07) is 7.43. The number of halogens is 2. The number of hydrogen-bond donors (Lipinski definition) is 1. The summed E-state index contributed by atoms with van der Waals surface area (Å²) in [5, 5.41) is 2.67. The first-order chi connectivity index (χ1) is 14.8. The van der Waals surface area contributed by atoms with E-state index in [1.54, 1.807) is 12.1 Å². The van der Waals surface area contributed by atoms with Crippen molar-refractivity contribution in [1.82, 2.24) is 4.90 Å². The van der Waals surface area contributed by atoms with Crippen molar-refractivity contribution in [3.8, 4) is 0 Å². The lowest BCUT2D eigenvalue weighted by atomic mass is 9.81. The van der Waals surface area contributed by atoms with Gasteiger partial charge in [-0.25, -0.2) is 0 Å². The van der Waals surface area contributed by atoms with Crippen molar-refractivity contribution >= 4 is 61.2 Å². The minimum atomic E-state index is -0.617. The zero-order valence-corrected chi connectivity index (χ0v) is 20.2. The molecule has 2 aliphatic carbocycles. The van der Waals surface area contributed by atoms with Crippen molar-refractivity contribution in [3.05, 3.63) is 29.8 Å². The van der Waals surface area contributed by atoms with Gasteiger partial charge in [0.1, 0.15) is 0 Å². The maximum Gasteiger partial charge on any atom is 0.308 e. The van der Waals surface area contributed by atoms with Crippen LogP contribution in [0.1, 0.15) is 25.3 Å². The molecule has 3 amide bonds. The Morgan fingerprint density at radius 1 is 1.06 bits per heavy atom. The van der Waals surface area contributed by atoms with Crippen molar-refractivity contribution in [1.29, 1.82) is 0 Å². The fraction of sp³-hybridized carbons (Fsp3) is 0.545. The van der Waals surface area contributed by atoms with E-state index in [9.17, 15) is 19.2 Å². The highest BCUT2D eigenvalue weighted by Gasteiger charge is 2.66. The number of nitrogens with one attached hydrogen (secondary N) is 1. The first kappa shape index (κ1) is 22.5. The maximum atomic E-state index is 12.8. The summed E-state index contributed by atoms with van der Waals surface area (Å²) in [4.78, 5) is 51.3. The second kappa shape index (κ2) is 9.02. The molecule has 0 spiro atoms. The highest BCUT2D eigenvalue weighted by atomic mass is 79.9. The van der Waals surface area contributed by atoms with Crippen LogP contribution in [0.3, 0.4) is 0 Å². The van der Waals surface area contributed by atoms with Crippen LogP contribution >= 0.6 is 31.9 Å². The lowest BCUT2D eigenvalue weighted by Crippen LogP contribution is -2.37. The van der Waals surface area contributed by atoms with Gasteiger partial charge in [-0.3, -0.25) is 24.1 Å². The van der Waals surface area contributed by atoms with Gasteiger partial charge in [0.25, 0.3) is 5.91 Å². The molecule has 1 N–H and O–H groups in total. The third-order valence-corrected chi connectivity index (χ3v) is 9.83. The molecule has 1 saturated heterocycles. The van der Waals surface area contributed by atoms with Gasteiger partial charge in [-0.05, 0) is 42.4 Å². The minimum Gasteiger partial charge on any atom is -0.456 e. The van der Waals surface area contributed by atoms with Crippen LogP contribution in [0.15, 0.2) is 24.3 Å². The number of benzene rings is 1. The second-order valence-corrected chi connectivity index (χ2v) is 10.5. The summed E-state index contributed by atoms with van der Waals surface area (Å²) in [5.74, 6) is -1.74. The zero-order valence-electron chi connectivity index (χ0n) is 17.1. The predicted octanol–water partition coefficient (Wildman–Crippen LogP) is 2.90. The van der Waals surface area contributed by atoms with Gasteiger partial charge in [0.2, 0.25) is 11.8 Å². The first-order valence-corrected chi connectivity index (χ1v) is 12.3. The normalized spacial score (nSPS) is 31.1. The van der Waals surface area contributed by atoms with Crippen LogP contribution in [-0.2, 0) is 30.3 Å². The van der Waals surface area contributed by atoms with Gasteiger partial charge in [-0.1, -0.05) is 50.9 Å². The van der Waals surface area contributed by atoms with Crippen molar-refractivity contribution in [2.45, 2.75) is 35.8 Å². The monoisotopic (exact) mass is 554 g/mol. The molecular weight excluding hydrogens is 532 g/mol. The predicted molar refractivity (Wildman–Crippen MR) is 121 cm³/mol. The van der Waals surface area contributed by atoms with Crippen molar-refractivity contribution in [3.63, 3.8) is 0 Å². The molecule has 7 nitrogen and oxygen atoms in total. The molecule has 9 heteroatoms. The Morgan fingerprint density at radius 2 is 1.65 bits per heavy atom. The van der Waals surface area contributed by atoms with Crippen molar-refractivity contribution in [2.24, 2.45) is 23.7 Å². The molecule has 2 bridgehead atoms. The van der Waals surface area contributed by atoms with Gasteiger partial charge < -0.3 is 10.1 Å². The average Bonchev–Trinajstić information content (AvgIpc) is 3.36. The van der Waals surface area contributed by atoms with Crippen LogP contribution in [0.25, 0.3) is 0 Å². The number of aryl methyl sites for hydroxylation is 1. The number of carbonyl (C=O) groups is 4. The summed E-state index contributed by atoms with van der Waals surface area (Å²) in [6.45, 7) is 1.62. The van der Waals surface area contributed by atoms with Gasteiger partial charge >= 0.3 is 5.97 Å². The molecule has 166 valence electrons.